The third kappa shape index (κ3) is 6.47. The van der Waals surface area contributed by atoms with Crippen LogP contribution in [0.3, 0.4) is 0 Å². The van der Waals surface area contributed by atoms with Gasteiger partial charge in [0.1, 0.15) is 11.9 Å². The predicted octanol–water partition coefficient (Wildman–Crippen LogP) is 2.37. The Kier molecular flexibility index (Phi) is 7.48. The molecule has 0 bridgehead atoms. The second-order valence-electron chi connectivity index (χ2n) is 7.40. The summed E-state index contributed by atoms with van der Waals surface area (Å²) in [6.07, 6.45) is 2.04. The fourth-order valence-electron chi connectivity index (χ4n) is 3.33. The first-order chi connectivity index (χ1) is 14.9. The van der Waals surface area contributed by atoms with Gasteiger partial charge in [0.05, 0.1) is 0 Å². The summed E-state index contributed by atoms with van der Waals surface area (Å²) in [6, 6.07) is 15.2. The number of nitrogens with one attached hydrogen (secondary N) is 2. The van der Waals surface area contributed by atoms with E-state index in [0.717, 1.165) is 42.9 Å². The predicted molar refractivity (Wildman–Crippen MR) is 116 cm³/mol. The van der Waals surface area contributed by atoms with Gasteiger partial charge in [0.25, 0.3) is 11.8 Å². The molecule has 2 amide bonds. The van der Waals surface area contributed by atoms with Crippen molar-refractivity contribution < 1.29 is 23.9 Å². The Hall–Kier alpha value is -3.55. The first-order valence-corrected chi connectivity index (χ1v) is 10.2. The lowest BCUT2D eigenvalue weighted by atomic mass is 10.1. The molecule has 0 atom stereocenters. The molecular formula is C23H27N3O5. The number of anilines is 1. The molecule has 8 nitrogen and oxygen atoms in total. The number of amides is 2. The summed E-state index contributed by atoms with van der Waals surface area (Å²) in [5, 5.41) is 0. The van der Waals surface area contributed by atoms with E-state index in [1.165, 1.54) is 6.92 Å². The van der Waals surface area contributed by atoms with Crippen LogP contribution in [0, 0.1) is 6.92 Å². The quantitative estimate of drug-likeness (QED) is 0.545. The maximum atomic E-state index is 12.2. The average Bonchev–Trinajstić information content (AvgIpc) is 2.78. The van der Waals surface area contributed by atoms with Crippen LogP contribution in [-0.4, -0.2) is 43.6 Å². The number of rotatable bonds is 6. The molecule has 2 aromatic carbocycles. The second kappa shape index (κ2) is 10.5. The Labute approximate surface area is 181 Å². The van der Waals surface area contributed by atoms with Gasteiger partial charge in [-0.15, -0.1) is 0 Å². The summed E-state index contributed by atoms with van der Waals surface area (Å²) >= 11 is 0. The molecule has 1 aliphatic heterocycles. The molecule has 1 saturated heterocycles. The van der Waals surface area contributed by atoms with Gasteiger partial charge < -0.3 is 14.4 Å². The van der Waals surface area contributed by atoms with Crippen LogP contribution in [0.2, 0.25) is 0 Å². The SMILES string of the molecule is CC(=O)OCC(=O)NNC(=O)c1ccc(N2CCC(Oc3ccccc3C)CC2)cc1. The Morgan fingerprint density at radius 3 is 2.32 bits per heavy atom. The molecule has 164 valence electrons. The van der Waals surface area contributed by atoms with Gasteiger partial charge in [-0.05, 0) is 42.8 Å². The maximum absolute atomic E-state index is 12.2. The lowest BCUT2D eigenvalue weighted by Gasteiger charge is -2.34. The van der Waals surface area contributed by atoms with Crippen LogP contribution in [0.5, 0.6) is 5.75 Å². The topological polar surface area (TPSA) is 97.0 Å². The number of hydrazine groups is 1. The third-order valence-corrected chi connectivity index (χ3v) is 5.05. The molecule has 31 heavy (non-hydrogen) atoms. The summed E-state index contributed by atoms with van der Waals surface area (Å²) in [5.74, 6) is -0.692. The number of carbonyl (C=O) groups excluding carboxylic acids is 3. The number of esters is 1. The molecule has 0 aliphatic carbocycles. The van der Waals surface area contributed by atoms with Gasteiger partial charge in [0.15, 0.2) is 6.61 Å². The number of ether oxygens (including phenoxy) is 2. The van der Waals surface area contributed by atoms with E-state index in [4.69, 9.17) is 4.74 Å². The van der Waals surface area contributed by atoms with Crippen LogP contribution in [0.4, 0.5) is 5.69 Å². The standard InChI is InChI=1S/C23H27N3O5/c1-16-5-3-4-6-21(16)31-20-11-13-26(14-12-20)19-9-7-18(8-10-19)23(29)25-24-22(28)15-30-17(2)27/h3-10,20H,11-15H2,1-2H3,(H,24,28)(H,25,29). The minimum absolute atomic E-state index is 0.193. The molecule has 8 heteroatoms. The van der Waals surface area contributed by atoms with Gasteiger partial charge in [-0.25, -0.2) is 0 Å². The Morgan fingerprint density at radius 1 is 1.00 bits per heavy atom. The van der Waals surface area contributed by atoms with E-state index in [2.05, 4.69) is 20.5 Å². The molecule has 0 radical (unpaired) electrons. The van der Waals surface area contributed by atoms with Gasteiger partial charge in [-0.3, -0.25) is 25.2 Å². The van der Waals surface area contributed by atoms with Crippen molar-refractivity contribution >= 4 is 23.5 Å². The molecule has 0 spiro atoms. The highest BCUT2D eigenvalue weighted by molar-refractivity contribution is 5.95. The zero-order chi connectivity index (χ0) is 22.2. The number of hydrogen-bond acceptors (Lipinski definition) is 6. The molecule has 0 unspecified atom stereocenters. The maximum Gasteiger partial charge on any atom is 0.303 e. The molecule has 2 aromatic rings. The molecule has 0 aromatic heterocycles. The van der Waals surface area contributed by atoms with Crippen LogP contribution in [0.1, 0.15) is 35.7 Å². The normalized spacial score (nSPS) is 13.9. The summed E-state index contributed by atoms with van der Waals surface area (Å²) in [5.41, 5.74) is 7.08. The fraction of sp³-hybridized carbons (Fsp3) is 0.348. The van der Waals surface area contributed by atoms with E-state index in [-0.39, 0.29) is 6.10 Å². The third-order valence-electron chi connectivity index (χ3n) is 5.05. The fourth-order valence-corrected chi connectivity index (χ4v) is 3.33. The second-order valence-corrected chi connectivity index (χ2v) is 7.40. The summed E-state index contributed by atoms with van der Waals surface area (Å²) < 4.78 is 10.7. The summed E-state index contributed by atoms with van der Waals surface area (Å²) in [6.45, 7) is 4.54. The number of para-hydroxylation sites is 1. The van der Waals surface area contributed by atoms with Gasteiger partial charge in [-0.1, -0.05) is 18.2 Å². The van der Waals surface area contributed by atoms with E-state index in [0.29, 0.717) is 5.56 Å². The Balaban J connectivity index is 1.46. The molecule has 0 saturated carbocycles. The highest BCUT2D eigenvalue weighted by Crippen LogP contribution is 2.25. The van der Waals surface area contributed by atoms with Gasteiger partial charge in [-0.2, -0.15) is 0 Å². The molecule has 3 rings (SSSR count). The van der Waals surface area contributed by atoms with Crippen LogP contribution in [-0.2, 0) is 14.3 Å². The van der Waals surface area contributed by atoms with Crippen molar-refractivity contribution in [3.8, 4) is 5.75 Å². The van der Waals surface area contributed by atoms with Crippen molar-refractivity contribution in [2.45, 2.75) is 32.8 Å². The molecule has 1 heterocycles. The first kappa shape index (κ1) is 22.1. The van der Waals surface area contributed by atoms with E-state index >= 15 is 0 Å². The highest BCUT2D eigenvalue weighted by Gasteiger charge is 2.21. The van der Waals surface area contributed by atoms with Crippen molar-refractivity contribution in [1.29, 1.82) is 0 Å². The van der Waals surface area contributed by atoms with Crippen molar-refractivity contribution in [1.82, 2.24) is 10.9 Å². The van der Waals surface area contributed by atoms with E-state index in [1.54, 1.807) is 12.1 Å². The smallest absolute Gasteiger partial charge is 0.303 e. The van der Waals surface area contributed by atoms with Crippen LogP contribution in [0.25, 0.3) is 0 Å². The van der Waals surface area contributed by atoms with Crippen LogP contribution in [0.15, 0.2) is 48.5 Å². The monoisotopic (exact) mass is 425 g/mol. The van der Waals surface area contributed by atoms with Gasteiger partial charge in [0, 0.05) is 44.1 Å². The Morgan fingerprint density at radius 2 is 1.68 bits per heavy atom. The van der Waals surface area contributed by atoms with E-state index in [1.807, 2.05) is 43.3 Å². The minimum atomic E-state index is -0.615. The van der Waals surface area contributed by atoms with Crippen LogP contribution < -0.4 is 20.5 Å². The van der Waals surface area contributed by atoms with Gasteiger partial charge in [0.2, 0.25) is 0 Å². The number of carbonyl (C=O) groups is 3. The van der Waals surface area contributed by atoms with E-state index < -0.39 is 24.4 Å². The minimum Gasteiger partial charge on any atom is -0.490 e. The largest absolute Gasteiger partial charge is 0.490 e. The van der Waals surface area contributed by atoms with E-state index in [9.17, 15) is 14.4 Å². The van der Waals surface area contributed by atoms with Crippen molar-refractivity contribution in [3.05, 3.63) is 59.7 Å². The zero-order valence-electron chi connectivity index (χ0n) is 17.7. The summed E-state index contributed by atoms with van der Waals surface area (Å²) in [4.78, 5) is 36.6. The Bertz CT molecular complexity index is 921. The number of hydrogen-bond donors (Lipinski definition) is 2. The number of aryl methyl sites for hydroxylation is 1. The van der Waals surface area contributed by atoms with Crippen molar-refractivity contribution in [2.75, 3.05) is 24.6 Å². The van der Waals surface area contributed by atoms with Crippen LogP contribution >= 0.6 is 0 Å². The number of piperidine rings is 1. The molecule has 1 aliphatic rings. The summed E-state index contributed by atoms with van der Waals surface area (Å²) in [7, 11) is 0. The number of nitrogens with zero attached hydrogens (tertiary/aromatic N) is 1. The highest BCUT2D eigenvalue weighted by atomic mass is 16.5. The average molecular weight is 425 g/mol. The zero-order valence-corrected chi connectivity index (χ0v) is 17.7. The van der Waals surface area contributed by atoms with Crippen molar-refractivity contribution in [3.63, 3.8) is 0 Å². The molecule has 2 N–H and O–H groups in total. The lowest BCUT2D eigenvalue weighted by molar-refractivity contribution is -0.146. The lowest BCUT2D eigenvalue weighted by Crippen LogP contribution is -2.43. The molecule has 1 fully saturated rings. The molecular weight excluding hydrogens is 398 g/mol. The first-order valence-electron chi connectivity index (χ1n) is 10.2. The van der Waals surface area contributed by atoms with Crippen molar-refractivity contribution in [2.24, 2.45) is 0 Å². The van der Waals surface area contributed by atoms with Gasteiger partial charge >= 0.3 is 5.97 Å². The number of benzene rings is 2.